The molecule has 0 radical (unpaired) electrons. The molecule has 0 saturated heterocycles. The number of hydrogen-bond donors (Lipinski definition) is 2. The van der Waals surface area contributed by atoms with E-state index in [4.69, 9.17) is 4.74 Å². The second-order valence-electron chi connectivity index (χ2n) is 9.95. The Hall–Kier alpha value is -5.04. The minimum absolute atomic E-state index is 0.0849. The van der Waals surface area contributed by atoms with Crippen molar-refractivity contribution >= 4 is 23.6 Å². The summed E-state index contributed by atoms with van der Waals surface area (Å²) in [5, 5.41) is 5.59. The highest BCUT2D eigenvalue weighted by Crippen LogP contribution is 2.11. The molecule has 0 aliphatic rings. The number of amides is 2. The molecule has 2 unspecified atom stereocenters. The van der Waals surface area contributed by atoms with Gasteiger partial charge in [-0.25, -0.2) is 4.79 Å². The zero-order valence-electron chi connectivity index (χ0n) is 23.3. The van der Waals surface area contributed by atoms with Gasteiger partial charge < -0.3 is 15.4 Å². The first-order chi connectivity index (χ1) is 20.5. The number of hydrogen-bond acceptors (Lipinski definition) is 5. The largest absolute Gasteiger partial charge is 0.459 e. The van der Waals surface area contributed by atoms with Gasteiger partial charge >= 0.3 is 5.97 Å². The van der Waals surface area contributed by atoms with Gasteiger partial charge in [-0.3, -0.25) is 14.4 Å². The van der Waals surface area contributed by atoms with Crippen LogP contribution in [0.2, 0.25) is 0 Å². The summed E-state index contributed by atoms with van der Waals surface area (Å²) in [5.74, 6) is -1.64. The molecule has 4 aromatic rings. The van der Waals surface area contributed by atoms with Crippen LogP contribution in [0.4, 0.5) is 0 Å². The molecule has 4 rings (SSSR count). The van der Waals surface area contributed by atoms with E-state index < -0.39 is 24.0 Å². The highest BCUT2D eigenvalue weighted by Gasteiger charge is 2.26. The van der Waals surface area contributed by atoms with Gasteiger partial charge in [0.25, 0.3) is 5.91 Å². The lowest BCUT2D eigenvalue weighted by Crippen LogP contribution is -2.45. The van der Waals surface area contributed by atoms with Crippen LogP contribution in [0.25, 0.3) is 0 Å². The molecule has 2 amide bonds. The summed E-state index contributed by atoms with van der Waals surface area (Å²) in [4.78, 5) is 52.2. The molecule has 2 atom stereocenters. The number of ether oxygens (including phenoxy) is 1. The third-order valence-electron chi connectivity index (χ3n) is 6.74. The van der Waals surface area contributed by atoms with Gasteiger partial charge in [-0.05, 0) is 35.2 Å². The minimum atomic E-state index is -0.920. The predicted octanol–water partition coefficient (Wildman–Crippen LogP) is 4.85. The number of Topliss-reactive ketones (excluding diaryl/α,β-unsaturated/α-hetero) is 1. The number of nitrogens with one attached hydrogen (secondary N) is 2. The van der Waals surface area contributed by atoms with Crippen molar-refractivity contribution in [1.82, 2.24) is 10.6 Å². The van der Waals surface area contributed by atoms with Crippen molar-refractivity contribution in [2.75, 3.05) is 0 Å². The summed E-state index contributed by atoms with van der Waals surface area (Å²) in [6, 6.07) is 35.0. The predicted molar refractivity (Wildman–Crippen MR) is 160 cm³/mol. The maximum absolute atomic E-state index is 13.3. The number of carbonyl (C=O) groups is 4. The number of carbonyl (C=O) groups excluding carboxylic acids is 4. The van der Waals surface area contributed by atoms with E-state index in [1.54, 1.807) is 24.3 Å². The topological polar surface area (TPSA) is 102 Å². The number of rotatable bonds is 14. The van der Waals surface area contributed by atoms with E-state index in [-0.39, 0.29) is 37.6 Å². The Bertz CT molecular complexity index is 1440. The first kappa shape index (κ1) is 29.9. The summed E-state index contributed by atoms with van der Waals surface area (Å²) in [6.45, 7) is 0.0849. The van der Waals surface area contributed by atoms with Gasteiger partial charge in [0.05, 0.1) is 6.04 Å². The lowest BCUT2D eigenvalue weighted by molar-refractivity contribution is -0.149. The average molecular weight is 563 g/mol. The van der Waals surface area contributed by atoms with E-state index in [0.29, 0.717) is 12.0 Å². The molecular weight excluding hydrogens is 528 g/mol. The number of benzene rings is 4. The summed E-state index contributed by atoms with van der Waals surface area (Å²) >= 11 is 0. The zero-order chi connectivity index (χ0) is 29.6. The average Bonchev–Trinajstić information content (AvgIpc) is 3.03. The van der Waals surface area contributed by atoms with Gasteiger partial charge in [0, 0.05) is 24.8 Å². The summed E-state index contributed by atoms with van der Waals surface area (Å²) < 4.78 is 5.51. The van der Waals surface area contributed by atoms with Crippen LogP contribution in [0.5, 0.6) is 0 Å². The Kier molecular flexibility index (Phi) is 11.2. The third-order valence-corrected chi connectivity index (χ3v) is 6.74. The highest BCUT2D eigenvalue weighted by atomic mass is 16.5. The van der Waals surface area contributed by atoms with Gasteiger partial charge in [0.2, 0.25) is 5.91 Å². The molecule has 0 heterocycles. The fourth-order valence-electron chi connectivity index (χ4n) is 4.48. The van der Waals surface area contributed by atoms with Crippen molar-refractivity contribution in [3.05, 3.63) is 144 Å². The van der Waals surface area contributed by atoms with Crippen LogP contribution >= 0.6 is 0 Å². The molecule has 0 aliphatic heterocycles. The van der Waals surface area contributed by atoms with Crippen molar-refractivity contribution in [2.45, 2.75) is 44.4 Å². The third kappa shape index (κ3) is 9.55. The number of ketones is 1. The maximum atomic E-state index is 13.3. The van der Waals surface area contributed by atoms with Gasteiger partial charge in [0.15, 0.2) is 5.78 Å². The van der Waals surface area contributed by atoms with Crippen LogP contribution in [0, 0.1) is 0 Å². The lowest BCUT2D eigenvalue weighted by atomic mass is 9.98. The van der Waals surface area contributed by atoms with Gasteiger partial charge in [-0.2, -0.15) is 0 Å². The van der Waals surface area contributed by atoms with Crippen molar-refractivity contribution < 1.29 is 23.9 Å². The Labute approximate surface area is 245 Å². The fraction of sp³-hybridized carbons (Fsp3) is 0.200. The van der Waals surface area contributed by atoms with Crippen molar-refractivity contribution in [1.29, 1.82) is 0 Å². The molecule has 42 heavy (non-hydrogen) atoms. The standard InChI is InChI=1S/C35H34N2O5/c38-32(30(23-26-13-5-1-6-14-26)37-34(40)29-19-11-4-12-20-29)21-22-33(39)36-31(24-27-15-7-2-8-16-27)35(41)42-25-28-17-9-3-10-18-28/h1-20,30-31H,21-25H2,(H,36,39)(H,37,40). The summed E-state index contributed by atoms with van der Waals surface area (Å²) in [7, 11) is 0. The van der Waals surface area contributed by atoms with Crippen LogP contribution in [-0.2, 0) is 38.6 Å². The first-order valence-electron chi connectivity index (χ1n) is 13.9. The van der Waals surface area contributed by atoms with Crippen LogP contribution in [0.1, 0.15) is 39.9 Å². The molecule has 7 nitrogen and oxygen atoms in total. The van der Waals surface area contributed by atoms with Gasteiger partial charge in [-0.1, -0.05) is 109 Å². The van der Waals surface area contributed by atoms with Crippen molar-refractivity contribution in [3.8, 4) is 0 Å². The number of esters is 1. The van der Waals surface area contributed by atoms with Crippen molar-refractivity contribution in [3.63, 3.8) is 0 Å². The van der Waals surface area contributed by atoms with E-state index in [9.17, 15) is 19.2 Å². The van der Waals surface area contributed by atoms with E-state index in [1.807, 2.05) is 97.1 Å². The lowest BCUT2D eigenvalue weighted by Gasteiger charge is -2.20. The Morgan fingerprint density at radius 1 is 0.548 bits per heavy atom. The zero-order valence-corrected chi connectivity index (χ0v) is 23.3. The second-order valence-corrected chi connectivity index (χ2v) is 9.95. The fourth-order valence-corrected chi connectivity index (χ4v) is 4.48. The summed E-state index contributed by atoms with van der Waals surface area (Å²) in [5.41, 5.74) is 3.03. The minimum Gasteiger partial charge on any atom is -0.459 e. The Balaban J connectivity index is 1.39. The first-order valence-corrected chi connectivity index (χ1v) is 13.9. The van der Waals surface area contributed by atoms with Crippen molar-refractivity contribution in [2.24, 2.45) is 0 Å². The van der Waals surface area contributed by atoms with E-state index in [2.05, 4.69) is 10.6 Å². The van der Waals surface area contributed by atoms with Crippen LogP contribution in [0.15, 0.2) is 121 Å². The molecular formula is C35H34N2O5. The van der Waals surface area contributed by atoms with Crippen LogP contribution in [-0.4, -0.2) is 35.7 Å². The van der Waals surface area contributed by atoms with Crippen LogP contribution < -0.4 is 10.6 Å². The van der Waals surface area contributed by atoms with E-state index >= 15 is 0 Å². The molecule has 0 saturated carbocycles. The van der Waals surface area contributed by atoms with Gasteiger partial charge in [-0.15, -0.1) is 0 Å². The molecule has 0 bridgehead atoms. The molecule has 7 heteroatoms. The molecule has 0 fully saturated rings. The Morgan fingerprint density at radius 3 is 1.57 bits per heavy atom. The maximum Gasteiger partial charge on any atom is 0.329 e. The second kappa shape index (κ2) is 15.7. The molecule has 4 aromatic carbocycles. The normalized spacial score (nSPS) is 12.0. The Morgan fingerprint density at radius 2 is 1.02 bits per heavy atom. The molecule has 214 valence electrons. The summed E-state index contributed by atoms with van der Waals surface area (Å²) in [6.07, 6.45) is 0.304. The molecule has 2 N–H and O–H groups in total. The van der Waals surface area contributed by atoms with E-state index in [1.165, 1.54) is 0 Å². The highest BCUT2D eigenvalue weighted by molar-refractivity contribution is 5.98. The van der Waals surface area contributed by atoms with E-state index in [0.717, 1.165) is 16.7 Å². The molecule has 0 spiro atoms. The van der Waals surface area contributed by atoms with Gasteiger partial charge in [0.1, 0.15) is 12.6 Å². The smallest absolute Gasteiger partial charge is 0.329 e. The molecule has 0 aromatic heterocycles. The molecule has 0 aliphatic carbocycles. The van der Waals surface area contributed by atoms with Crippen LogP contribution in [0.3, 0.4) is 0 Å². The quantitative estimate of drug-likeness (QED) is 0.214. The monoisotopic (exact) mass is 562 g/mol. The SMILES string of the molecule is O=C(CCC(=O)C(Cc1ccccc1)NC(=O)c1ccccc1)NC(Cc1ccccc1)C(=O)OCc1ccccc1.